The number of hydrogen-bond acceptors (Lipinski definition) is 4. The minimum Gasteiger partial charge on any atom is -0.301 e. The van der Waals surface area contributed by atoms with E-state index in [9.17, 15) is 4.57 Å². The highest BCUT2D eigenvalue weighted by atomic mass is 31.2. The molecule has 1 aromatic heterocycles. The van der Waals surface area contributed by atoms with Gasteiger partial charge in [0.2, 0.25) is 0 Å². The van der Waals surface area contributed by atoms with Crippen molar-refractivity contribution in [1.29, 1.82) is 0 Å². The van der Waals surface area contributed by atoms with E-state index in [1.807, 2.05) is 12.1 Å². The number of hydrogen-bond donors (Lipinski definition) is 0. The minimum absolute atomic E-state index is 0.223. The molecule has 3 aromatic rings. The van der Waals surface area contributed by atoms with Gasteiger partial charge in [0.25, 0.3) is 0 Å². The SMILES string of the molecule is CC(C)OP(=O)(OC(C)C)C(F)(F)c1nc2ccccc2c2ccccc12. The van der Waals surface area contributed by atoms with Crippen LogP contribution in [0.3, 0.4) is 0 Å². The Morgan fingerprint density at radius 3 is 1.89 bits per heavy atom. The lowest BCUT2D eigenvalue weighted by atomic mass is 10.0. The Kier molecular flexibility index (Phi) is 5.35. The summed E-state index contributed by atoms with van der Waals surface area (Å²) in [6, 6.07) is 13.7. The summed E-state index contributed by atoms with van der Waals surface area (Å²) in [5, 5.41) is 1.58. The van der Waals surface area contributed by atoms with Crippen molar-refractivity contribution in [2.24, 2.45) is 0 Å². The summed E-state index contributed by atoms with van der Waals surface area (Å²) < 4.78 is 54.8. The van der Waals surface area contributed by atoms with Gasteiger partial charge in [-0.15, -0.1) is 0 Å². The van der Waals surface area contributed by atoms with Crippen molar-refractivity contribution in [2.45, 2.75) is 45.6 Å². The standard InChI is InChI=1S/C20H22F2NO3P/c1-13(2)25-27(24,26-14(3)4)20(21,22)19-17-11-6-5-9-15(17)16-10-7-8-12-18(16)23-19/h5-14H,1-4H3. The molecule has 0 aliphatic rings. The van der Waals surface area contributed by atoms with Gasteiger partial charge in [-0.3, -0.25) is 4.57 Å². The minimum atomic E-state index is -4.83. The second kappa shape index (κ2) is 7.27. The first-order valence-electron chi connectivity index (χ1n) is 8.78. The van der Waals surface area contributed by atoms with Gasteiger partial charge in [-0.25, -0.2) is 4.98 Å². The Balaban J connectivity index is 2.31. The number of para-hydroxylation sites is 1. The zero-order valence-electron chi connectivity index (χ0n) is 15.6. The van der Waals surface area contributed by atoms with Crippen molar-refractivity contribution < 1.29 is 22.4 Å². The van der Waals surface area contributed by atoms with Crippen molar-refractivity contribution in [1.82, 2.24) is 4.98 Å². The Labute approximate surface area is 157 Å². The smallest absolute Gasteiger partial charge is 0.301 e. The number of alkyl halides is 2. The third kappa shape index (κ3) is 3.62. The van der Waals surface area contributed by atoms with E-state index in [0.29, 0.717) is 10.9 Å². The molecule has 1 heterocycles. The van der Waals surface area contributed by atoms with Crippen molar-refractivity contribution in [3.8, 4) is 0 Å². The average Bonchev–Trinajstić information content (AvgIpc) is 2.59. The van der Waals surface area contributed by atoms with Crippen LogP contribution >= 0.6 is 7.60 Å². The van der Waals surface area contributed by atoms with Crippen LogP contribution in [-0.2, 0) is 19.3 Å². The van der Waals surface area contributed by atoms with E-state index in [1.54, 1.807) is 64.1 Å². The van der Waals surface area contributed by atoms with Crippen molar-refractivity contribution >= 4 is 29.3 Å². The number of halogens is 2. The predicted molar refractivity (Wildman–Crippen MR) is 103 cm³/mol. The monoisotopic (exact) mass is 393 g/mol. The Bertz CT molecular complexity index is 1010. The van der Waals surface area contributed by atoms with Crippen molar-refractivity contribution in [3.63, 3.8) is 0 Å². The molecule has 0 spiro atoms. The van der Waals surface area contributed by atoms with Crippen LogP contribution in [0.2, 0.25) is 0 Å². The molecule has 0 amide bonds. The molecule has 27 heavy (non-hydrogen) atoms. The largest absolute Gasteiger partial charge is 0.406 e. The fourth-order valence-corrected chi connectivity index (χ4v) is 4.83. The van der Waals surface area contributed by atoms with E-state index in [4.69, 9.17) is 9.05 Å². The average molecular weight is 393 g/mol. The molecule has 2 aromatic carbocycles. The maximum Gasteiger partial charge on any atom is 0.406 e. The molecule has 4 nitrogen and oxygen atoms in total. The highest BCUT2D eigenvalue weighted by Crippen LogP contribution is 2.68. The van der Waals surface area contributed by atoms with Crippen molar-refractivity contribution in [2.75, 3.05) is 0 Å². The third-order valence-corrected chi connectivity index (χ3v) is 6.23. The molecule has 7 heteroatoms. The summed E-state index contributed by atoms with van der Waals surface area (Å²) in [7, 11) is -4.83. The Morgan fingerprint density at radius 2 is 1.33 bits per heavy atom. The summed E-state index contributed by atoms with van der Waals surface area (Å²) in [5.74, 6) is 0. The van der Waals surface area contributed by atoms with E-state index in [-0.39, 0.29) is 5.39 Å². The highest BCUT2D eigenvalue weighted by molar-refractivity contribution is 7.54. The number of pyridine rings is 1. The lowest BCUT2D eigenvalue weighted by Gasteiger charge is -2.29. The zero-order chi connectivity index (χ0) is 19.8. The van der Waals surface area contributed by atoms with Crippen LogP contribution < -0.4 is 0 Å². The first-order chi connectivity index (χ1) is 12.7. The molecule has 3 rings (SSSR count). The lowest BCUT2D eigenvalue weighted by molar-refractivity contribution is 0.0154. The molecular formula is C20H22F2NO3P. The number of rotatable bonds is 6. The molecule has 0 radical (unpaired) electrons. The Hall–Kier alpha value is -1.88. The summed E-state index contributed by atoms with van der Waals surface area (Å²) >= 11 is 0. The molecule has 0 aliphatic carbocycles. The second-order valence-corrected chi connectivity index (χ2v) is 8.85. The molecule has 0 unspecified atom stereocenters. The van der Waals surface area contributed by atoms with E-state index < -0.39 is 31.2 Å². The molecule has 144 valence electrons. The molecule has 0 bridgehead atoms. The summed E-state index contributed by atoms with van der Waals surface area (Å²) in [4.78, 5) is 4.17. The number of fused-ring (bicyclic) bond motifs is 3. The van der Waals surface area contributed by atoms with Gasteiger partial charge in [0.1, 0.15) is 5.69 Å². The van der Waals surface area contributed by atoms with Crippen LogP contribution in [0.5, 0.6) is 0 Å². The van der Waals surface area contributed by atoms with E-state index in [2.05, 4.69) is 4.98 Å². The third-order valence-electron chi connectivity index (χ3n) is 3.94. The number of nitrogens with zero attached hydrogens (tertiary/aromatic N) is 1. The number of aromatic nitrogens is 1. The Morgan fingerprint density at radius 1 is 0.852 bits per heavy atom. The summed E-state index contributed by atoms with van der Waals surface area (Å²) in [5.41, 5.74) is -4.11. The van der Waals surface area contributed by atoms with Gasteiger partial charge >= 0.3 is 13.3 Å². The maximum absolute atomic E-state index is 15.6. The fourth-order valence-electron chi connectivity index (χ4n) is 2.98. The normalized spacial score (nSPS) is 13.2. The van der Waals surface area contributed by atoms with Gasteiger partial charge in [0, 0.05) is 10.8 Å². The summed E-state index contributed by atoms with van der Waals surface area (Å²) in [6.45, 7) is 6.16. The first kappa shape index (κ1) is 19.9. The molecule has 0 atom stereocenters. The number of benzene rings is 2. The molecular weight excluding hydrogens is 371 g/mol. The van der Waals surface area contributed by atoms with Gasteiger partial charge < -0.3 is 9.05 Å². The molecule has 0 aliphatic heterocycles. The van der Waals surface area contributed by atoms with Crippen LogP contribution in [0, 0.1) is 0 Å². The highest BCUT2D eigenvalue weighted by Gasteiger charge is 2.58. The molecule has 0 fully saturated rings. The zero-order valence-corrected chi connectivity index (χ0v) is 16.5. The van der Waals surface area contributed by atoms with Gasteiger partial charge in [-0.1, -0.05) is 42.5 Å². The van der Waals surface area contributed by atoms with Gasteiger partial charge in [0.15, 0.2) is 0 Å². The molecule has 0 saturated heterocycles. The lowest BCUT2D eigenvalue weighted by Crippen LogP contribution is -2.23. The van der Waals surface area contributed by atoms with Crippen LogP contribution in [0.1, 0.15) is 33.4 Å². The fraction of sp³-hybridized carbons (Fsp3) is 0.350. The van der Waals surface area contributed by atoms with E-state index in [0.717, 1.165) is 5.39 Å². The van der Waals surface area contributed by atoms with E-state index >= 15 is 8.78 Å². The molecule has 0 N–H and O–H groups in total. The molecule has 0 saturated carbocycles. The maximum atomic E-state index is 15.6. The van der Waals surface area contributed by atoms with Gasteiger partial charge in [-0.2, -0.15) is 8.78 Å². The predicted octanol–water partition coefficient (Wildman–Crippen LogP) is 6.48. The van der Waals surface area contributed by atoms with Crippen molar-refractivity contribution in [3.05, 3.63) is 54.2 Å². The van der Waals surface area contributed by atoms with Crippen LogP contribution in [0.25, 0.3) is 21.7 Å². The van der Waals surface area contributed by atoms with Gasteiger partial charge in [-0.05, 0) is 39.1 Å². The van der Waals surface area contributed by atoms with E-state index in [1.165, 1.54) is 0 Å². The second-order valence-electron chi connectivity index (χ2n) is 6.87. The van der Waals surface area contributed by atoms with Crippen LogP contribution in [0.15, 0.2) is 48.5 Å². The van der Waals surface area contributed by atoms with Crippen LogP contribution in [-0.4, -0.2) is 17.2 Å². The quantitative estimate of drug-likeness (QED) is 0.355. The topological polar surface area (TPSA) is 48.4 Å². The van der Waals surface area contributed by atoms with Gasteiger partial charge in [0.05, 0.1) is 17.7 Å². The van der Waals surface area contributed by atoms with Crippen LogP contribution in [0.4, 0.5) is 8.78 Å². The summed E-state index contributed by atoms with van der Waals surface area (Å²) in [6.07, 6.45) is -1.40. The first-order valence-corrected chi connectivity index (χ1v) is 10.3.